The van der Waals surface area contributed by atoms with Gasteiger partial charge in [-0.3, -0.25) is 4.79 Å². The highest BCUT2D eigenvalue weighted by molar-refractivity contribution is 5.82. The van der Waals surface area contributed by atoms with Crippen LogP contribution in [0.4, 0.5) is 0 Å². The van der Waals surface area contributed by atoms with Crippen LogP contribution in [-0.4, -0.2) is 11.9 Å². The van der Waals surface area contributed by atoms with Crippen molar-refractivity contribution in [3.05, 3.63) is 10.4 Å². The van der Waals surface area contributed by atoms with Gasteiger partial charge in [0, 0.05) is 4.91 Å². The molecule has 56 valence electrons. The van der Waals surface area contributed by atoms with Crippen LogP contribution in [0.2, 0.25) is 0 Å². The number of amides is 1. The third-order valence-corrected chi connectivity index (χ3v) is 1.15. The lowest BCUT2D eigenvalue weighted by Crippen LogP contribution is -2.33. The monoisotopic (exact) mass is 142 g/mol. The molecule has 1 atom stereocenters. The van der Waals surface area contributed by atoms with E-state index >= 15 is 0 Å². The number of rotatable bonds is 2. The van der Waals surface area contributed by atoms with Gasteiger partial charge in [-0.25, -0.2) is 0 Å². The molecule has 10 heavy (non-hydrogen) atoms. The van der Waals surface area contributed by atoms with E-state index in [1.165, 1.54) is 0 Å². The van der Waals surface area contributed by atoms with Crippen molar-refractivity contribution < 1.29 is 4.79 Å². The maximum absolute atomic E-state index is 10.6. The first-order chi connectivity index (χ1) is 4.59. The Hall–Kier alpha value is -1.06. The maximum atomic E-state index is 10.6. The van der Waals surface area contributed by atoms with Crippen molar-refractivity contribution in [3.8, 4) is 0 Å². The molecule has 0 saturated heterocycles. The molecule has 2 N–H and O–H groups in total. The Bertz CT molecular complexity index is 170. The van der Waals surface area contributed by atoms with Crippen LogP contribution < -0.4 is 5.73 Å². The summed E-state index contributed by atoms with van der Waals surface area (Å²) in [5.41, 5.74) is 13.2. The van der Waals surface area contributed by atoms with Crippen LogP contribution in [0, 0.1) is 5.92 Å². The Morgan fingerprint density at radius 3 is 2.50 bits per heavy atom. The zero-order valence-electron chi connectivity index (χ0n) is 5.98. The summed E-state index contributed by atoms with van der Waals surface area (Å²) >= 11 is 0. The van der Waals surface area contributed by atoms with E-state index in [1.54, 1.807) is 13.8 Å². The average molecular weight is 142 g/mol. The summed E-state index contributed by atoms with van der Waals surface area (Å²) in [4.78, 5) is 13.0. The predicted octanol–water partition coefficient (Wildman–Crippen LogP) is 0.807. The van der Waals surface area contributed by atoms with Gasteiger partial charge in [-0.2, -0.15) is 0 Å². The van der Waals surface area contributed by atoms with Gasteiger partial charge in [-0.05, 0) is 16.6 Å². The van der Waals surface area contributed by atoms with Gasteiger partial charge in [0.25, 0.3) is 0 Å². The number of carbonyl (C=O) groups is 1. The van der Waals surface area contributed by atoms with E-state index in [0.717, 1.165) is 0 Å². The standard InChI is InChI=1S/C5H10N4O/c1-3(2)4(6)5(10)8-9-7/h3-4H,6H2,1-2H3/t4-/m0/s1. The lowest BCUT2D eigenvalue weighted by Gasteiger charge is -2.09. The van der Waals surface area contributed by atoms with Gasteiger partial charge in [0.1, 0.15) is 0 Å². The van der Waals surface area contributed by atoms with E-state index < -0.39 is 11.9 Å². The lowest BCUT2D eigenvalue weighted by molar-refractivity contribution is -0.120. The first-order valence-electron chi connectivity index (χ1n) is 2.94. The van der Waals surface area contributed by atoms with Crippen molar-refractivity contribution in [3.63, 3.8) is 0 Å². The van der Waals surface area contributed by atoms with Gasteiger partial charge in [0.15, 0.2) is 0 Å². The van der Waals surface area contributed by atoms with Gasteiger partial charge >= 0.3 is 0 Å². The maximum Gasteiger partial charge on any atom is 0.235 e. The van der Waals surface area contributed by atoms with E-state index in [4.69, 9.17) is 11.3 Å². The molecule has 0 saturated carbocycles. The molecular weight excluding hydrogens is 132 g/mol. The topological polar surface area (TPSA) is 91.9 Å². The van der Waals surface area contributed by atoms with E-state index in [2.05, 4.69) is 10.0 Å². The number of hydrogen-bond donors (Lipinski definition) is 1. The van der Waals surface area contributed by atoms with Crippen molar-refractivity contribution in [2.45, 2.75) is 19.9 Å². The molecule has 5 nitrogen and oxygen atoms in total. The molecule has 0 aromatic carbocycles. The molecule has 0 aliphatic heterocycles. The average Bonchev–Trinajstić information content (AvgIpc) is 1.87. The molecule has 0 spiro atoms. The molecule has 0 radical (unpaired) electrons. The zero-order chi connectivity index (χ0) is 8.15. The molecule has 0 aliphatic carbocycles. The lowest BCUT2D eigenvalue weighted by atomic mass is 10.1. The summed E-state index contributed by atoms with van der Waals surface area (Å²) in [6.45, 7) is 3.57. The Morgan fingerprint density at radius 2 is 2.20 bits per heavy atom. The minimum Gasteiger partial charge on any atom is -0.321 e. The highest BCUT2D eigenvalue weighted by atomic mass is 16.2. The van der Waals surface area contributed by atoms with E-state index in [1.807, 2.05) is 0 Å². The normalized spacial score (nSPS) is 12.4. The highest BCUT2D eigenvalue weighted by Crippen LogP contribution is 1.99. The molecule has 0 aromatic heterocycles. The molecule has 0 aromatic rings. The number of nitrogens with zero attached hydrogens (tertiary/aromatic N) is 3. The summed E-state index contributed by atoms with van der Waals surface area (Å²) < 4.78 is 0. The summed E-state index contributed by atoms with van der Waals surface area (Å²) in [6.07, 6.45) is 0. The molecule has 0 fully saturated rings. The second-order valence-corrected chi connectivity index (χ2v) is 2.30. The van der Waals surface area contributed by atoms with Crippen LogP contribution in [0.25, 0.3) is 10.4 Å². The number of hydrogen-bond acceptors (Lipinski definition) is 2. The Labute approximate surface area is 58.8 Å². The highest BCUT2D eigenvalue weighted by Gasteiger charge is 2.14. The second-order valence-electron chi connectivity index (χ2n) is 2.30. The van der Waals surface area contributed by atoms with Crippen molar-refractivity contribution in [2.24, 2.45) is 16.8 Å². The Morgan fingerprint density at radius 1 is 1.70 bits per heavy atom. The molecule has 5 heteroatoms. The third-order valence-electron chi connectivity index (χ3n) is 1.15. The fourth-order valence-corrected chi connectivity index (χ4v) is 0.396. The molecule has 0 bridgehead atoms. The Kier molecular flexibility index (Phi) is 3.46. The number of nitrogens with two attached hydrogens (primary N) is 1. The summed E-state index contributed by atoms with van der Waals surface area (Å²) in [5.74, 6) is -0.588. The van der Waals surface area contributed by atoms with Crippen molar-refractivity contribution in [1.29, 1.82) is 0 Å². The molecule has 1 amide bonds. The fraction of sp³-hybridized carbons (Fsp3) is 0.800. The van der Waals surface area contributed by atoms with Crippen LogP contribution >= 0.6 is 0 Å². The molecular formula is C5H10N4O. The molecule has 0 heterocycles. The summed E-state index contributed by atoms with van der Waals surface area (Å²) in [6, 6.07) is -0.670. The largest absolute Gasteiger partial charge is 0.321 e. The van der Waals surface area contributed by atoms with E-state index in [0.29, 0.717) is 0 Å². The van der Waals surface area contributed by atoms with Crippen molar-refractivity contribution in [2.75, 3.05) is 0 Å². The van der Waals surface area contributed by atoms with Gasteiger partial charge in [-0.1, -0.05) is 13.8 Å². The first kappa shape index (κ1) is 8.94. The number of azide groups is 1. The first-order valence-corrected chi connectivity index (χ1v) is 2.94. The van der Waals surface area contributed by atoms with E-state index in [-0.39, 0.29) is 5.92 Å². The van der Waals surface area contributed by atoms with Gasteiger partial charge in [0.05, 0.1) is 6.04 Å². The van der Waals surface area contributed by atoms with E-state index in [9.17, 15) is 4.79 Å². The van der Waals surface area contributed by atoms with Gasteiger partial charge < -0.3 is 5.73 Å². The molecule has 0 aliphatic rings. The fourth-order valence-electron chi connectivity index (χ4n) is 0.396. The van der Waals surface area contributed by atoms with Crippen LogP contribution in [0.1, 0.15) is 13.8 Å². The molecule has 0 unspecified atom stereocenters. The second kappa shape index (κ2) is 3.87. The van der Waals surface area contributed by atoms with Gasteiger partial charge in [0.2, 0.25) is 5.91 Å². The van der Waals surface area contributed by atoms with Gasteiger partial charge in [-0.15, -0.1) is 0 Å². The minimum atomic E-state index is -0.670. The van der Waals surface area contributed by atoms with Crippen LogP contribution in [0.5, 0.6) is 0 Å². The third kappa shape index (κ3) is 2.48. The quantitative estimate of drug-likeness (QED) is 0.351. The smallest absolute Gasteiger partial charge is 0.235 e. The minimum absolute atomic E-state index is 0.0120. The summed E-state index contributed by atoms with van der Waals surface area (Å²) in [5, 5.41) is 2.86. The number of carbonyl (C=O) groups excluding carboxylic acids is 1. The summed E-state index contributed by atoms with van der Waals surface area (Å²) in [7, 11) is 0. The van der Waals surface area contributed by atoms with Crippen LogP contribution in [0.3, 0.4) is 0 Å². The van der Waals surface area contributed by atoms with Crippen molar-refractivity contribution >= 4 is 5.91 Å². The van der Waals surface area contributed by atoms with Crippen LogP contribution in [0.15, 0.2) is 5.11 Å². The van der Waals surface area contributed by atoms with Crippen molar-refractivity contribution in [1.82, 2.24) is 0 Å². The Balaban J connectivity index is 4.07. The molecule has 0 rings (SSSR count). The predicted molar refractivity (Wildman–Crippen MR) is 37.0 cm³/mol. The zero-order valence-corrected chi connectivity index (χ0v) is 5.98. The SMILES string of the molecule is CC(C)[C@H](N)C(=O)N=[N+]=[N-]. The van der Waals surface area contributed by atoms with Crippen LogP contribution in [-0.2, 0) is 4.79 Å².